The van der Waals surface area contributed by atoms with Crippen molar-refractivity contribution < 1.29 is 19.4 Å². The molecule has 6 nitrogen and oxygen atoms in total. The highest BCUT2D eigenvalue weighted by molar-refractivity contribution is 5.88. The highest BCUT2D eigenvalue weighted by atomic mass is 16.5. The fourth-order valence-electron chi connectivity index (χ4n) is 3.31. The zero-order valence-corrected chi connectivity index (χ0v) is 15.6. The number of morpholine rings is 1. The first kappa shape index (κ1) is 19.2. The topological polar surface area (TPSA) is 71.0 Å². The van der Waals surface area contributed by atoms with E-state index >= 15 is 0 Å². The van der Waals surface area contributed by atoms with Crippen molar-refractivity contribution in [1.29, 1.82) is 0 Å². The summed E-state index contributed by atoms with van der Waals surface area (Å²) in [5.74, 6) is -0.0317. The minimum atomic E-state index is -0.905. The largest absolute Gasteiger partial charge is 0.497 e. The zero-order valence-electron chi connectivity index (χ0n) is 15.6. The molecule has 0 unspecified atom stereocenters. The van der Waals surface area contributed by atoms with Crippen molar-refractivity contribution in [1.82, 2.24) is 5.32 Å². The van der Waals surface area contributed by atoms with E-state index in [-0.39, 0.29) is 6.04 Å². The molecule has 1 aliphatic rings. The maximum absolute atomic E-state index is 11.2. The van der Waals surface area contributed by atoms with E-state index in [0.29, 0.717) is 18.8 Å². The molecule has 1 aliphatic heterocycles. The lowest BCUT2D eigenvalue weighted by atomic mass is 10.1. The van der Waals surface area contributed by atoms with Crippen LogP contribution in [0.4, 0.5) is 5.69 Å². The number of ether oxygens (including phenoxy) is 2. The van der Waals surface area contributed by atoms with E-state index in [0.717, 1.165) is 37.5 Å². The monoisotopic (exact) mass is 370 g/mol. The second-order valence-electron chi connectivity index (χ2n) is 6.58. The SMILES string of the molecule is COc1cccc(CCNC[C@@H]2COCCN2c2cccc(C(=O)O)c2)c1. The van der Waals surface area contributed by atoms with Crippen molar-refractivity contribution in [3.63, 3.8) is 0 Å². The van der Waals surface area contributed by atoms with Crippen LogP contribution in [0.5, 0.6) is 5.75 Å². The van der Waals surface area contributed by atoms with Crippen LogP contribution in [0.2, 0.25) is 0 Å². The summed E-state index contributed by atoms with van der Waals surface area (Å²) >= 11 is 0. The minimum Gasteiger partial charge on any atom is -0.497 e. The molecule has 0 bridgehead atoms. The maximum Gasteiger partial charge on any atom is 0.335 e. The number of nitrogens with zero attached hydrogens (tertiary/aromatic N) is 1. The van der Waals surface area contributed by atoms with Crippen LogP contribution >= 0.6 is 0 Å². The normalized spacial score (nSPS) is 16.9. The number of hydrogen-bond donors (Lipinski definition) is 2. The number of carboxylic acid groups (broad SMARTS) is 1. The van der Waals surface area contributed by atoms with Gasteiger partial charge in [-0.2, -0.15) is 0 Å². The zero-order chi connectivity index (χ0) is 19.1. The van der Waals surface area contributed by atoms with Crippen molar-refractivity contribution >= 4 is 11.7 Å². The first-order chi connectivity index (χ1) is 13.2. The summed E-state index contributed by atoms with van der Waals surface area (Å²) in [6.07, 6.45) is 0.916. The van der Waals surface area contributed by atoms with E-state index in [9.17, 15) is 9.90 Å². The summed E-state index contributed by atoms with van der Waals surface area (Å²) in [5, 5.41) is 12.7. The summed E-state index contributed by atoms with van der Waals surface area (Å²) < 4.78 is 10.9. The Labute approximate surface area is 159 Å². The van der Waals surface area contributed by atoms with Gasteiger partial charge in [-0.25, -0.2) is 4.79 Å². The Morgan fingerprint density at radius 2 is 2.15 bits per heavy atom. The summed E-state index contributed by atoms with van der Waals surface area (Å²) in [6.45, 7) is 3.67. The summed E-state index contributed by atoms with van der Waals surface area (Å²) in [5.41, 5.74) is 2.47. The second-order valence-corrected chi connectivity index (χ2v) is 6.58. The van der Waals surface area contributed by atoms with Gasteiger partial charge in [0.1, 0.15) is 5.75 Å². The molecule has 0 aliphatic carbocycles. The number of nitrogens with one attached hydrogen (secondary N) is 1. The third kappa shape index (κ3) is 5.21. The lowest BCUT2D eigenvalue weighted by Gasteiger charge is -2.37. The van der Waals surface area contributed by atoms with Gasteiger partial charge in [0.05, 0.1) is 31.9 Å². The number of carboxylic acids is 1. The molecule has 0 aromatic heterocycles. The van der Waals surface area contributed by atoms with Gasteiger partial charge >= 0.3 is 5.97 Å². The Morgan fingerprint density at radius 1 is 1.30 bits per heavy atom. The number of hydrogen-bond acceptors (Lipinski definition) is 5. The van der Waals surface area contributed by atoms with Gasteiger partial charge < -0.3 is 24.8 Å². The fourth-order valence-corrected chi connectivity index (χ4v) is 3.31. The molecular weight excluding hydrogens is 344 g/mol. The van der Waals surface area contributed by atoms with Gasteiger partial charge in [-0.05, 0) is 48.9 Å². The van der Waals surface area contributed by atoms with E-state index < -0.39 is 5.97 Å². The van der Waals surface area contributed by atoms with Crippen molar-refractivity contribution in [2.75, 3.05) is 44.9 Å². The van der Waals surface area contributed by atoms with E-state index in [1.807, 2.05) is 18.2 Å². The Morgan fingerprint density at radius 3 is 2.96 bits per heavy atom. The van der Waals surface area contributed by atoms with E-state index in [1.54, 1.807) is 25.3 Å². The molecule has 2 aromatic rings. The van der Waals surface area contributed by atoms with Gasteiger partial charge in [-0.1, -0.05) is 18.2 Å². The maximum atomic E-state index is 11.2. The van der Waals surface area contributed by atoms with Crippen LogP contribution in [-0.4, -0.2) is 57.1 Å². The second kappa shape index (κ2) is 9.39. The van der Waals surface area contributed by atoms with Crippen LogP contribution in [0.15, 0.2) is 48.5 Å². The Bertz CT molecular complexity index is 765. The Balaban J connectivity index is 1.56. The quantitative estimate of drug-likeness (QED) is 0.696. The minimum absolute atomic E-state index is 0.174. The number of benzene rings is 2. The Kier molecular flexibility index (Phi) is 6.68. The fraction of sp³-hybridized carbons (Fsp3) is 0.381. The molecule has 3 rings (SSSR count). The predicted octanol–water partition coefficient (Wildman–Crippen LogP) is 2.43. The van der Waals surface area contributed by atoms with Crippen LogP contribution < -0.4 is 15.0 Å². The number of methoxy groups -OCH3 is 1. The third-order valence-electron chi connectivity index (χ3n) is 4.76. The molecule has 0 spiro atoms. The molecule has 2 N–H and O–H groups in total. The molecule has 1 heterocycles. The lowest BCUT2D eigenvalue weighted by molar-refractivity contribution is 0.0697. The van der Waals surface area contributed by atoms with Gasteiger partial charge in [-0.15, -0.1) is 0 Å². The van der Waals surface area contributed by atoms with Crippen LogP contribution in [-0.2, 0) is 11.2 Å². The van der Waals surface area contributed by atoms with Crippen LogP contribution in [0.25, 0.3) is 0 Å². The lowest BCUT2D eigenvalue weighted by Crippen LogP contribution is -2.50. The standard InChI is InChI=1S/C21H26N2O4/c1-26-20-7-2-4-16(12-20)8-9-22-14-19-15-27-11-10-23(19)18-6-3-5-17(13-18)21(24)25/h2-7,12-13,19,22H,8-11,14-15H2,1H3,(H,24,25)/t19-/m1/s1. The van der Waals surface area contributed by atoms with Gasteiger partial charge in [-0.3, -0.25) is 0 Å². The van der Waals surface area contributed by atoms with Crippen LogP contribution in [0.1, 0.15) is 15.9 Å². The number of anilines is 1. The van der Waals surface area contributed by atoms with Crippen molar-refractivity contribution in [2.24, 2.45) is 0 Å². The average molecular weight is 370 g/mol. The molecule has 0 saturated carbocycles. The Hall–Kier alpha value is -2.57. The molecule has 0 radical (unpaired) electrons. The number of rotatable bonds is 8. The number of carbonyl (C=O) groups is 1. The van der Waals surface area contributed by atoms with Crippen LogP contribution in [0.3, 0.4) is 0 Å². The molecular formula is C21H26N2O4. The van der Waals surface area contributed by atoms with Crippen LogP contribution in [0, 0.1) is 0 Å². The average Bonchev–Trinajstić information content (AvgIpc) is 2.72. The van der Waals surface area contributed by atoms with Crippen molar-refractivity contribution in [3.8, 4) is 5.75 Å². The molecule has 144 valence electrons. The van der Waals surface area contributed by atoms with Gasteiger partial charge in [0.15, 0.2) is 0 Å². The highest BCUT2D eigenvalue weighted by Gasteiger charge is 2.23. The van der Waals surface area contributed by atoms with Gasteiger partial charge in [0.2, 0.25) is 0 Å². The van der Waals surface area contributed by atoms with Crippen molar-refractivity contribution in [2.45, 2.75) is 12.5 Å². The molecule has 0 amide bonds. The molecule has 1 fully saturated rings. The van der Waals surface area contributed by atoms with Gasteiger partial charge in [0.25, 0.3) is 0 Å². The van der Waals surface area contributed by atoms with Crippen molar-refractivity contribution in [3.05, 3.63) is 59.7 Å². The highest BCUT2D eigenvalue weighted by Crippen LogP contribution is 2.21. The molecule has 27 heavy (non-hydrogen) atoms. The van der Waals surface area contributed by atoms with Gasteiger partial charge in [0, 0.05) is 18.8 Å². The third-order valence-corrected chi connectivity index (χ3v) is 4.76. The van der Waals surface area contributed by atoms with E-state index in [2.05, 4.69) is 22.3 Å². The first-order valence-electron chi connectivity index (χ1n) is 9.19. The molecule has 1 saturated heterocycles. The molecule has 1 atom stereocenters. The summed E-state index contributed by atoms with van der Waals surface area (Å²) in [6, 6.07) is 15.4. The smallest absolute Gasteiger partial charge is 0.335 e. The van der Waals surface area contributed by atoms with E-state index in [1.165, 1.54) is 5.56 Å². The summed E-state index contributed by atoms with van der Waals surface area (Å²) in [7, 11) is 1.67. The summed E-state index contributed by atoms with van der Waals surface area (Å²) in [4.78, 5) is 13.5. The van der Waals surface area contributed by atoms with E-state index in [4.69, 9.17) is 9.47 Å². The predicted molar refractivity (Wildman–Crippen MR) is 105 cm³/mol. The first-order valence-corrected chi connectivity index (χ1v) is 9.19. The molecule has 2 aromatic carbocycles. The number of aromatic carboxylic acids is 1. The molecule has 6 heteroatoms.